The molecule has 1 aromatic heterocycles. The van der Waals surface area contributed by atoms with Crippen molar-refractivity contribution in [3.8, 4) is 22.9 Å². The maximum atomic E-state index is 12.6. The van der Waals surface area contributed by atoms with E-state index in [-0.39, 0.29) is 12.2 Å². The maximum Gasteiger partial charge on any atom is 0.573 e. The predicted molar refractivity (Wildman–Crippen MR) is 146 cm³/mol. The number of unbranched alkanes of at least 4 members (excludes halogenated alkanes) is 2. The highest BCUT2D eigenvalue weighted by atomic mass is 32.2. The monoisotopic (exact) mass is 594 g/mol. The number of hydrogen-bond donors (Lipinski definition) is 2. The Labute approximate surface area is 234 Å². The van der Waals surface area contributed by atoms with Crippen LogP contribution < -0.4 is 9.47 Å². The van der Waals surface area contributed by atoms with E-state index in [9.17, 15) is 26.4 Å². The molecule has 13 heteroatoms. The summed E-state index contributed by atoms with van der Waals surface area (Å²) in [6, 6.07) is 20.9. The van der Waals surface area contributed by atoms with Crippen molar-refractivity contribution in [1.29, 1.82) is 0 Å². The van der Waals surface area contributed by atoms with Crippen molar-refractivity contribution in [3.63, 3.8) is 0 Å². The number of para-hydroxylation sites is 3. The van der Waals surface area contributed by atoms with Gasteiger partial charge in [0.25, 0.3) is 10.1 Å². The van der Waals surface area contributed by atoms with Crippen molar-refractivity contribution >= 4 is 27.1 Å². The number of aliphatic carboxylic acids is 1. The summed E-state index contributed by atoms with van der Waals surface area (Å²) >= 11 is 0. The molecule has 9 nitrogen and oxygen atoms in total. The first-order chi connectivity index (χ1) is 19.3. The summed E-state index contributed by atoms with van der Waals surface area (Å²) in [5.74, 6) is 0.231. The van der Waals surface area contributed by atoms with E-state index in [1.807, 2.05) is 53.1 Å². The molecule has 0 saturated carbocycles. The van der Waals surface area contributed by atoms with Gasteiger partial charge in [-0.05, 0) is 61.7 Å². The van der Waals surface area contributed by atoms with Gasteiger partial charge in [-0.15, -0.1) is 13.2 Å². The largest absolute Gasteiger partial charge is 0.573 e. The minimum atomic E-state index is -4.76. The van der Waals surface area contributed by atoms with Gasteiger partial charge < -0.3 is 19.1 Å². The van der Waals surface area contributed by atoms with Crippen LogP contribution in [0.15, 0.2) is 72.8 Å². The van der Waals surface area contributed by atoms with Crippen LogP contribution in [0.4, 0.5) is 13.2 Å². The molecule has 0 radical (unpaired) electrons. The summed E-state index contributed by atoms with van der Waals surface area (Å²) in [4.78, 5) is 15.4. The predicted octanol–water partition coefficient (Wildman–Crippen LogP) is 6.18. The Bertz CT molecular complexity index is 1550. The molecule has 4 aromatic rings. The lowest BCUT2D eigenvalue weighted by molar-refractivity contribution is -0.274. The number of ether oxygens (including phenoxy) is 2. The van der Waals surface area contributed by atoms with Gasteiger partial charge in [-0.25, -0.2) is 4.98 Å². The van der Waals surface area contributed by atoms with Gasteiger partial charge in [0.2, 0.25) is 0 Å². The normalized spacial score (nSPS) is 11.5. The molecule has 0 fully saturated rings. The summed E-state index contributed by atoms with van der Waals surface area (Å²) in [7, 11) is -3.67. The Morgan fingerprint density at radius 3 is 2.24 bits per heavy atom. The second kappa shape index (κ2) is 14.0. The molecule has 0 unspecified atom stereocenters. The minimum Gasteiger partial charge on any atom is -0.493 e. The lowest BCUT2D eigenvalue weighted by atomic mass is 10.1. The number of imidazole rings is 1. The number of carbonyl (C=O) groups is 1. The Balaban J connectivity index is 0.000000850. The molecule has 0 atom stereocenters. The summed E-state index contributed by atoms with van der Waals surface area (Å²) < 4.78 is 75.5. The van der Waals surface area contributed by atoms with E-state index < -0.39 is 22.4 Å². The Hall–Kier alpha value is -4.10. The molecule has 0 aliphatic carbocycles. The quantitative estimate of drug-likeness (QED) is 0.156. The van der Waals surface area contributed by atoms with Crippen LogP contribution in [0.5, 0.6) is 11.5 Å². The van der Waals surface area contributed by atoms with E-state index in [1.165, 1.54) is 12.1 Å². The molecule has 0 bridgehead atoms. The third kappa shape index (κ3) is 10.8. The number of carboxylic acid groups (broad SMARTS) is 1. The summed E-state index contributed by atoms with van der Waals surface area (Å²) in [6.07, 6.45) is -1.78. The highest BCUT2D eigenvalue weighted by Crippen LogP contribution is 2.30. The second-order valence-corrected chi connectivity index (χ2v) is 10.4. The van der Waals surface area contributed by atoms with Gasteiger partial charge in [0.05, 0.1) is 30.4 Å². The maximum absolute atomic E-state index is 12.6. The van der Waals surface area contributed by atoms with Crippen molar-refractivity contribution in [2.75, 3.05) is 12.9 Å². The number of alkyl halides is 3. The molecular weight excluding hydrogens is 565 g/mol. The lowest BCUT2D eigenvalue weighted by Gasteiger charge is -2.15. The Kier molecular flexibility index (Phi) is 10.7. The molecule has 1 heterocycles. The van der Waals surface area contributed by atoms with Crippen molar-refractivity contribution < 1.29 is 45.5 Å². The number of fused-ring (bicyclic) bond motifs is 1. The van der Waals surface area contributed by atoms with Crippen LogP contribution in [-0.4, -0.2) is 52.8 Å². The van der Waals surface area contributed by atoms with Gasteiger partial charge >= 0.3 is 12.3 Å². The fourth-order valence-electron chi connectivity index (χ4n) is 3.94. The molecule has 4 rings (SSSR count). The number of rotatable bonds is 11. The third-order valence-corrected chi connectivity index (χ3v) is 5.59. The van der Waals surface area contributed by atoms with Crippen LogP contribution in [0.1, 0.15) is 31.2 Å². The van der Waals surface area contributed by atoms with Crippen molar-refractivity contribution in [3.05, 3.63) is 78.4 Å². The highest BCUT2D eigenvalue weighted by Gasteiger charge is 2.31. The lowest BCUT2D eigenvalue weighted by Crippen LogP contribution is -2.17. The van der Waals surface area contributed by atoms with Gasteiger partial charge in [0, 0.05) is 17.5 Å². The highest BCUT2D eigenvalue weighted by molar-refractivity contribution is 7.85. The fraction of sp³-hybridized carbons (Fsp3) is 0.286. The summed E-state index contributed by atoms with van der Waals surface area (Å²) in [5, 5.41) is 8.76. The number of benzene rings is 3. The van der Waals surface area contributed by atoms with Gasteiger partial charge in [0.15, 0.2) is 0 Å². The molecule has 0 aliphatic rings. The van der Waals surface area contributed by atoms with Crippen LogP contribution in [0.25, 0.3) is 22.4 Å². The summed E-state index contributed by atoms with van der Waals surface area (Å²) in [6.45, 7) is 0.903. The second-order valence-electron chi connectivity index (χ2n) is 8.98. The van der Waals surface area contributed by atoms with E-state index in [0.717, 1.165) is 29.4 Å². The van der Waals surface area contributed by atoms with Gasteiger partial charge in [-0.3, -0.25) is 9.35 Å². The molecule has 0 aliphatic heterocycles. The van der Waals surface area contributed by atoms with Gasteiger partial charge in [-0.2, -0.15) is 8.42 Å². The minimum absolute atomic E-state index is 0.149. The van der Waals surface area contributed by atoms with E-state index in [1.54, 1.807) is 12.1 Å². The molecule has 2 N–H and O–H groups in total. The van der Waals surface area contributed by atoms with Crippen LogP contribution in [0.2, 0.25) is 0 Å². The molecule has 0 saturated heterocycles. The first-order valence-corrected chi connectivity index (χ1v) is 14.3. The average Bonchev–Trinajstić information content (AvgIpc) is 3.24. The Morgan fingerprint density at radius 1 is 0.951 bits per heavy atom. The topological polar surface area (TPSA) is 128 Å². The standard InChI is InChI=1S/C27H25F3N2O4.CH4O3S/c28-27(29,30)36-21-15-13-19(14-16-21)26-31-22-9-4-5-10-23(22)32(26)18-20-8-3-6-11-24(20)35-17-7-1-2-12-25(33)34;1-5(2,3)4/h3-6,8-11,13-16H,1-2,7,12,17-18H2,(H,33,34);1H3,(H,2,3,4). The SMILES string of the molecule is CS(=O)(=O)O.O=C(O)CCCCCOc1ccccc1Cn1c(-c2ccc(OC(F)(F)F)cc2)nc2ccccc21. The van der Waals surface area contributed by atoms with E-state index >= 15 is 0 Å². The number of nitrogens with zero attached hydrogens (tertiary/aromatic N) is 2. The number of carboxylic acids is 1. The smallest absolute Gasteiger partial charge is 0.493 e. The molecule has 41 heavy (non-hydrogen) atoms. The van der Waals surface area contributed by atoms with E-state index in [2.05, 4.69) is 4.74 Å². The fourth-order valence-corrected chi connectivity index (χ4v) is 3.94. The third-order valence-electron chi connectivity index (χ3n) is 5.59. The zero-order valence-corrected chi connectivity index (χ0v) is 22.9. The zero-order chi connectivity index (χ0) is 30.0. The molecular formula is C28H29F3N2O7S. The molecule has 220 valence electrons. The van der Waals surface area contributed by atoms with Gasteiger partial charge in [0.1, 0.15) is 17.3 Å². The molecule has 0 spiro atoms. The molecule has 0 amide bonds. The van der Waals surface area contributed by atoms with Crippen LogP contribution in [-0.2, 0) is 21.5 Å². The Morgan fingerprint density at radius 2 is 1.59 bits per heavy atom. The van der Waals surface area contributed by atoms with Crippen molar-refractivity contribution in [2.45, 2.75) is 38.6 Å². The van der Waals surface area contributed by atoms with E-state index in [0.29, 0.717) is 43.0 Å². The van der Waals surface area contributed by atoms with Crippen LogP contribution in [0.3, 0.4) is 0 Å². The number of halogens is 3. The molecule has 3 aromatic carbocycles. The number of aromatic nitrogens is 2. The summed E-state index contributed by atoms with van der Waals surface area (Å²) in [5.41, 5.74) is 3.22. The van der Waals surface area contributed by atoms with Crippen LogP contribution in [0, 0.1) is 0 Å². The first-order valence-electron chi connectivity index (χ1n) is 12.5. The average molecular weight is 595 g/mol. The van der Waals surface area contributed by atoms with Crippen molar-refractivity contribution in [1.82, 2.24) is 9.55 Å². The zero-order valence-electron chi connectivity index (χ0n) is 22.0. The van der Waals surface area contributed by atoms with Gasteiger partial charge in [-0.1, -0.05) is 30.3 Å². The van der Waals surface area contributed by atoms with Crippen LogP contribution >= 0.6 is 0 Å². The van der Waals surface area contributed by atoms with E-state index in [4.69, 9.17) is 19.4 Å². The van der Waals surface area contributed by atoms with Crippen molar-refractivity contribution in [2.24, 2.45) is 0 Å². The number of hydrogen-bond acceptors (Lipinski definition) is 6. The first kappa shape index (κ1) is 31.4.